The molecule has 0 spiro atoms. The third kappa shape index (κ3) is 8.30. The zero-order chi connectivity index (χ0) is 20.4. The van der Waals surface area contributed by atoms with E-state index >= 15 is 0 Å². The SMILES string of the molecule is CC(C)CC(CNC(=O)NCC1CCCCN(Cc2ccccc2)C1)C(=O)O. The van der Waals surface area contributed by atoms with Crippen molar-refractivity contribution in [3.05, 3.63) is 35.9 Å². The van der Waals surface area contributed by atoms with E-state index in [1.54, 1.807) is 0 Å². The molecule has 1 aliphatic heterocycles. The first-order valence-electron chi connectivity index (χ1n) is 10.4. The van der Waals surface area contributed by atoms with Crippen molar-refractivity contribution in [2.75, 3.05) is 26.2 Å². The molecule has 1 fully saturated rings. The molecule has 0 radical (unpaired) electrons. The molecule has 6 nitrogen and oxygen atoms in total. The number of carbonyl (C=O) groups is 2. The number of likely N-dealkylation sites (tertiary alicyclic amines) is 1. The van der Waals surface area contributed by atoms with Crippen molar-refractivity contribution >= 4 is 12.0 Å². The molecule has 2 atom stereocenters. The molecule has 156 valence electrons. The number of rotatable bonds is 9. The van der Waals surface area contributed by atoms with Crippen LogP contribution < -0.4 is 10.6 Å². The Morgan fingerprint density at radius 2 is 1.93 bits per heavy atom. The van der Waals surface area contributed by atoms with Crippen LogP contribution in [0.1, 0.15) is 45.1 Å². The predicted molar refractivity (Wildman–Crippen MR) is 111 cm³/mol. The Kier molecular flexibility index (Phi) is 9.28. The second-order valence-electron chi connectivity index (χ2n) is 8.34. The smallest absolute Gasteiger partial charge is 0.314 e. The Bertz CT molecular complexity index is 606. The predicted octanol–water partition coefficient (Wildman–Crippen LogP) is 3.33. The maximum absolute atomic E-state index is 12.1. The van der Waals surface area contributed by atoms with Gasteiger partial charge in [0.05, 0.1) is 5.92 Å². The van der Waals surface area contributed by atoms with Crippen molar-refractivity contribution in [2.45, 2.75) is 46.1 Å². The lowest BCUT2D eigenvalue weighted by atomic mass is 9.97. The van der Waals surface area contributed by atoms with Crippen LogP contribution in [-0.2, 0) is 11.3 Å². The summed E-state index contributed by atoms with van der Waals surface area (Å²) < 4.78 is 0. The summed E-state index contributed by atoms with van der Waals surface area (Å²) in [5.41, 5.74) is 1.32. The number of nitrogens with one attached hydrogen (secondary N) is 2. The average molecular weight is 390 g/mol. The topological polar surface area (TPSA) is 81.7 Å². The molecule has 1 aliphatic rings. The Morgan fingerprint density at radius 3 is 2.61 bits per heavy atom. The van der Waals surface area contributed by atoms with Gasteiger partial charge >= 0.3 is 12.0 Å². The van der Waals surface area contributed by atoms with Crippen LogP contribution in [0.2, 0.25) is 0 Å². The van der Waals surface area contributed by atoms with Crippen molar-refractivity contribution in [1.82, 2.24) is 15.5 Å². The van der Waals surface area contributed by atoms with Gasteiger partial charge in [0.1, 0.15) is 0 Å². The van der Waals surface area contributed by atoms with Gasteiger partial charge in [-0.05, 0) is 43.2 Å². The van der Waals surface area contributed by atoms with Crippen LogP contribution in [0.15, 0.2) is 30.3 Å². The van der Waals surface area contributed by atoms with Crippen molar-refractivity contribution in [2.24, 2.45) is 17.8 Å². The number of aliphatic carboxylic acids is 1. The first-order chi connectivity index (χ1) is 13.4. The van der Waals surface area contributed by atoms with Gasteiger partial charge in [0, 0.05) is 26.2 Å². The number of carboxylic acid groups (broad SMARTS) is 1. The maximum atomic E-state index is 12.1. The molecule has 1 heterocycles. The largest absolute Gasteiger partial charge is 0.481 e. The molecule has 3 N–H and O–H groups in total. The molecule has 1 aromatic rings. The molecular weight excluding hydrogens is 354 g/mol. The Hall–Kier alpha value is -2.08. The number of hydrogen-bond acceptors (Lipinski definition) is 3. The lowest BCUT2D eigenvalue weighted by Crippen LogP contribution is -2.43. The minimum absolute atomic E-state index is 0.171. The van der Waals surface area contributed by atoms with Gasteiger partial charge in [-0.2, -0.15) is 0 Å². The summed E-state index contributed by atoms with van der Waals surface area (Å²) in [6.45, 7) is 7.78. The lowest BCUT2D eigenvalue weighted by Gasteiger charge is -2.24. The fraction of sp³-hybridized carbons (Fsp3) is 0.636. The van der Waals surface area contributed by atoms with E-state index in [9.17, 15) is 14.7 Å². The molecule has 0 aromatic heterocycles. The number of nitrogens with zero attached hydrogens (tertiary/aromatic N) is 1. The van der Waals surface area contributed by atoms with Gasteiger partial charge in [0.15, 0.2) is 0 Å². The number of amides is 2. The molecule has 0 saturated carbocycles. The highest BCUT2D eigenvalue weighted by molar-refractivity contribution is 5.75. The minimum atomic E-state index is -0.852. The van der Waals surface area contributed by atoms with Crippen molar-refractivity contribution in [3.63, 3.8) is 0 Å². The zero-order valence-electron chi connectivity index (χ0n) is 17.2. The van der Waals surface area contributed by atoms with E-state index < -0.39 is 11.9 Å². The highest BCUT2D eigenvalue weighted by Crippen LogP contribution is 2.18. The standard InChI is InChI=1S/C22H35N3O3/c1-17(2)12-20(21(26)27)14-24-22(28)23-13-19-10-6-7-11-25(16-19)15-18-8-4-3-5-9-18/h3-5,8-9,17,19-20H,6-7,10-16H2,1-2H3,(H,26,27)(H2,23,24,28). The van der Waals surface area contributed by atoms with Gasteiger partial charge in [0.2, 0.25) is 0 Å². The van der Waals surface area contributed by atoms with Gasteiger partial charge < -0.3 is 15.7 Å². The van der Waals surface area contributed by atoms with Crippen LogP contribution in [0.5, 0.6) is 0 Å². The van der Waals surface area contributed by atoms with E-state index in [0.29, 0.717) is 18.9 Å². The molecule has 1 aromatic carbocycles. The number of urea groups is 1. The van der Waals surface area contributed by atoms with E-state index in [0.717, 1.165) is 26.1 Å². The summed E-state index contributed by atoms with van der Waals surface area (Å²) in [6.07, 6.45) is 4.03. The third-order valence-corrected chi connectivity index (χ3v) is 5.27. The number of benzene rings is 1. The molecule has 0 aliphatic carbocycles. The number of carboxylic acids is 1. The Balaban J connectivity index is 1.75. The number of hydrogen-bond donors (Lipinski definition) is 3. The normalized spacial score (nSPS) is 19.0. The van der Waals surface area contributed by atoms with Crippen LogP contribution in [0.4, 0.5) is 4.79 Å². The summed E-state index contributed by atoms with van der Waals surface area (Å²) in [6, 6.07) is 10.2. The van der Waals surface area contributed by atoms with Crippen molar-refractivity contribution in [1.29, 1.82) is 0 Å². The van der Waals surface area contributed by atoms with Gasteiger partial charge in [-0.1, -0.05) is 50.6 Å². The third-order valence-electron chi connectivity index (χ3n) is 5.27. The van der Waals surface area contributed by atoms with Crippen LogP contribution in [0.3, 0.4) is 0 Å². The fourth-order valence-corrected chi connectivity index (χ4v) is 3.82. The van der Waals surface area contributed by atoms with Gasteiger partial charge in [-0.15, -0.1) is 0 Å². The quantitative estimate of drug-likeness (QED) is 0.605. The summed E-state index contributed by atoms with van der Waals surface area (Å²) in [7, 11) is 0. The summed E-state index contributed by atoms with van der Waals surface area (Å²) in [5.74, 6) is -0.685. The highest BCUT2D eigenvalue weighted by atomic mass is 16.4. The Labute approximate surface area is 168 Å². The summed E-state index contributed by atoms with van der Waals surface area (Å²) in [4.78, 5) is 25.9. The van der Waals surface area contributed by atoms with E-state index in [-0.39, 0.29) is 18.5 Å². The Morgan fingerprint density at radius 1 is 1.18 bits per heavy atom. The highest BCUT2D eigenvalue weighted by Gasteiger charge is 2.21. The van der Waals surface area contributed by atoms with Gasteiger partial charge in [-0.25, -0.2) is 4.79 Å². The minimum Gasteiger partial charge on any atom is -0.481 e. The molecular formula is C22H35N3O3. The molecule has 28 heavy (non-hydrogen) atoms. The summed E-state index contributed by atoms with van der Waals surface area (Å²) >= 11 is 0. The monoisotopic (exact) mass is 389 g/mol. The van der Waals surface area contributed by atoms with Crippen LogP contribution in [-0.4, -0.2) is 48.2 Å². The zero-order valence-corrected chi connectivity index (χ0v) is 17.2. The maximum Gasteiger partial charge on any atom is 0.314 e. The van der Waals surface area contributed by atoms with E-state index in [4.69, 9.17) is 0 Å². The van der Waals surface area contributed by atoms with Crippen LogP contribution in [0.25, 0.3) is 0 Å². The molecule has 1 saturated heterocycles. The van der Waals surface area contributed by atoms with E-state index in [2.05, 4.69) is 39.8 Å². The van der Waals surface area contributed by atoms with Crippen LogP contribution >= 0.6 is 0 Å². The fourth-order valence-electron chi connectivity index (χ4n) is 3.82. The lowest BCUT2D eigenvalue weighted by molar-refractivity contribution is -0.142. The van der Waals surface area contributed by atoms with Gasteiger partial charge in [0.25, 0.3) is 0 Å². The second-order valence-corrected chi connectivity index (χ2v) is 8.34. The summed E-state index contributed by atoms with van der Waals surface area (Å²) in [5, 5.41) is 14.9. The van der Waals surface area contributed by atoms with E-state index in [1.165, 1.54) is 18.4 Å². The van der Waals surface area contributed by atoms with Crippen LogP contribution in [0, 0.1) is 17.8 Å². The van der Waals surface area contributed by atoms with Crippen molar-refractivity contribution < 1.29 is 14.7 Å². The molecule has 2 amide bonds. The average Bonchev–Trinajstić information content (AvgIpc) is 2.89. The molecule has 2 rings (SSSR count). The molecule has 0 bridgehead atoms. The first kappa shape index (κ1) is 22.2. The van der Waals surface area contributed by atoms with E-state index in [1.807, 2.05) is 19.9 Å². The van der Waals surface area contributed by atoms with Gasteiger partial charge in [-0.3, -0.25) is 9.69 Å². The van der Waals surface area contributed by atoms with Crippen molar-refractivity contribution in [3.8, 4) is 0 Å². The molecule has 6 heteroatoms. The second kappa shape index (κ2) is 11.7. The first-order valence-corrected chi connectivity index (χ1v) is 10.4. The molecule has 2 unspecified atom stereocenters. The number of carbonyl (C=O) groups excluding carboxylic acids is 1.